The molecule has 1 heterocycles. The van der Waals surface area contributed by atoms with Crippen LogP contribution in [0.2, 0.25) is 0 Å². The summed E-state index contributed by atoms with van der Waals surface area (Å²) in [6.45, 7) is 4.77. The Labute approximate surface area is 126 Å². The molecule has 0 spiro atoms. The zero-order valence-electron chi connectivity index (χ0n) is 12.2. The van der Waals surface area contributed by atoms with Crippen molar-refractivity contribution >= 4 is 10.0 Å². The first kappa shape index (κ1) is 16.0. The van der Waals surface area contributed by atoms with E-state index >= 15 is 0 Å². The molecule has 114 valence electrons. The van der Waals surface area contributed by atoms with Crippen LogP contribution < -0.4 is 4.72 Å². The van der Waals surface area contributed by atoms with Crippen molar-refractivity contribution in [1.29, 1.82) is 5.26 Å². The lowest BCUT2D eigenvalue weighted by Gasteiger charge is -2.21. The molecule has 1 unspecified atom stereocenters. The van der Waals surface area contributed by atoms with Crippen LogP contribution in [0.3, 0.4) is 0 Å². The molecule has 0 aromatic heterocycles. The molecule has 1 aromatic carbocycles. The highest BCUT2D eigenvalue weighted by Gasteiger charge is 2.19. The number of hydrogen-bond donors (Lipinski definition) is 1. The van der Waals surface area contributed by atoms with Crippen LogP contribution in [0, 0.1) is 11.3 Å². The van der Waals surface area contributed by atoms with Gasteiger partial charge < -0.3 is 4.90 Å². The quantitative estimate of drug-likeness (QED) is 0.863. The van der Waals surface area contributed by atoms with E-state index in [4.69, 9.17) is 5.26 Å². The average Bonchev–Trinajstić information content (AvgIpc) is 2.91. The van der Waals surface area contributed by atoms with E-state index in [2.05, 4.69) is 9.62 Å². The third-order valence-corrected chi connectivity index (χ3v) is 5.03. The van der Waals surface area contributed by atoms with Crippen molar-refractivity contribution in [2.24, 2.45) is 0 Å². The molecule has 1 aliphatic rings. The number of sulfonamides is 1. The fourth-order valence-corrected chi connectivity index (χ4v) is 4.04. The van der Waals surface area contributed by atoms with E-state index in [1.165, 1.54) is 12.8 Å². The van der Waals surface area contributed by atoms with E-state index in [9.17, 15) is 8.42 Å². The Bertz CT molecular complexity index is 599. The maximum absolute atomic E-state index is 12.1. The van der Waals surface area contributed by atoms with Gasteiger partial charge in [0.1, 0.15) is 0 Å². The van der Waals surface area contributed by atoms with Crippen LogP contribution in [-0.4, -0.2) is 39.0 Å². The molecule has 0 bridgehead atoms. The fourth-order valence-electron chi connectivity index (χ4n) is 2.63. The second-order valence-corrected chi connectivity index (χ2v) is 7.35. The van der Waals surface area contributed by atoms with Gasteiger partial charge in [-0.3, -0.25) is 0 Å². The minimum atomic E-state index is -3.35. The van der Waals surface area contributed by atoms with Gasteiger partial charge in [-0.25, -0.2) is 13.1 Å². The van der Waals surface area contributed by atoms with Crippen molar-refractivity contribution in [2.45, 2.75) is 31.6 Å². The van der Waals surface area contributed by atoms with Crippen molar-refractivity contribution in [2.75, 3.05) is 19.6 Å². The number of hydrogen-bond acceptors (Lipinski definition) is 4. The predicted octanol–water partition coefficient (Wildman–Crippen LogP) is 1.46. The summed E-state index contributed by atoms with van der Waals surface area (Å²) >= 11 is 0. The predicted molar refractivity (Wildman–Crippen MR) is 82.1 cm³/mol. The Morgan fingerprint density at radius 2 is 1.90 bits per heavy atom. The Morgan fingerprint density at radius 3 is 2.48 bits per heavy atom. The number of nitriles is 1. The molecule has 0 radical (unpaired) electrons. The lowest BCUT2D eigenvalue weighted by molar-refractivity contribution is 0.312. The molecule has 1 fully saturated rings. The third-order valence-electron chi connectivity index (χ3n) is 3.55. The highest BCUT2D eigenvalue weighted by molar-refractivity contribution is 7.88. The zero-order valence-corrected chi connectivity index (χ0v) is 13.1. The molecule has 2 rings (SSSR count). The van der Waals surface area contributed by atoms with E-state index in [0.29, 0.717) is 11.1 Å². The second-order valence-electron chi connectivity index (χ2n) is 5.59. The van der Waals surface area contributed by atoms with Gasteiger partial charge in [-0.1, -0.05) is 12.1 Å². The van der Waals surface area contributed by atoms with Gasteiger partial charge >= 0.3 is 0 Å². The summed E-state index contributed by atoms with van der Waals surface area (Å²) in [5, 5.41) is 8.73. The fraction of sp³-hybridized carbons (Fsp3) is 0.533. The molecule has 1 aromatic rings. The van der Waals surface area contributed by atoms with E-state index in [-0.39, 0.29) is 11.8 Å². The van der Waals surface area contributed by atoms with E-state index in [0.717, 1.165) is 19.6 Å². The van der Waals surface area contributed by atoms with Crippen molar-refractivity contribution in [1.82, 2.24) is 9.62 Å². The van der Waals surface area contributed by atoms with Crippen molar-refractivity contribution in [3.05, 3.63) is 35.4 Å². The van der Waals surface area contributed by atoms with Crippen LogP contribution in [0.15, 0.2) is 24.3 Å². The van der Waals surface area contributed by atoms with Gasteiger partial charge in [0.05, 0.1) is 17.4 Å². The molecule has 1 N–H and O–H groups in total. The van der Waals surface area contributed by atoms with Gasteiger partial charge in [0, 0.05) is 12.6 Å². The molecule has 0 saturated carbocycles. The number of benzene rings is 1. The van der Waals surface area contributed by atoms with Crippen LogP contribution in [0.4, 0.5) is 0 Å². The Balaban J connectivity index is 1.89. The second kappa shape index (κ2) is 7.03. The minimum absolute atomic E-state index is 0.0525. The van der Waals surface area contributed by atoms with Crippen LogP contribution in [0.5, 0.6) is 0 Å². The van der Waals surface area contributed by atoms with Gasteiger partial charge in [-0.2, -0.15) is 5.26 Å². The Morgan fingerprint density at radius 1 is 1.29 bits per heavy atom. The first-order valence-corrected chi connectivity index (χ1v) is 8.85. The molecule has 1 aliphatic heterocycles. The molecule has 0 aliphatic carbocycles. The molecule has 5 nitrogen and oxygen atoms in total. The summed E-state index contributed by atoms with van der Waals surface area (Å²) in [6, 6.07) is 8.57. The largest absolute Gasteiger partial charge is 0.302 e. The first-order valence-electron chi connectivity index (χ1n) is 7.20. The summed E-state index contributed by atoms with van der Waals surface area (Å²) in [5.41, 5.74) is 1.22. The number of rotatable bonds is 6. The molecule has 21 heavy (non-hydrogen) atoms. The molecular weight excluding hydrogens is 286 g/mol. The molecule has 1 saturated heterocycles. The van der Waals surface area contributed by atoms with E-state index in [1.54, 1.807) is 24.3 Å². The maximum atomic E-state index is 12.1. The number of nitrogens with zero attached hydrogens (tertiary/aromatic N) is 2. The summed E-state index contributed by atoms with van der Waals surface area (Å²) < 4.78 is 27.0. The van der Waals surface area contributed by atoms with Gasteiger partial charge in [-0.15, -0.1) is 0 Å². The number of nitrogens with one attached hydrogen (secondary N) is 1. The smallest absolute Gasteiger partial charge is 0.216 e. The summed E-state index contributed by atoms with van der Waals surface area (Å²) in [7, 11) is -3.35. The SMILES string of the molecule is CC(CN1CCCC1)NS(=O)(=O)Cc1ccc(C#N)cc1. The molecular formula is C15H21N3O2S. The van der Waals surface area contributed by atoms with Crippen molar-refractivity contribution < 1.29 is 8.42 Å². The Hall–Kier alpha value is -1.42. The highest BCUT2D eigenvalue weighted by Crippen LogP contribution is 2.10. The molecule has 1 atom stereocenters. The Kier molecular flexibility index (Phi) is 5.34. The lowest BCUT2D eigenvalue weighted by Crippen LogP contribution is -2.41. The summed E-state index contributed by atoms with van der Waals surface area (Å²) in [6.07, 6.45) is 2.40. The van der Waals surface area contributed by atoms with Crippen LogP contribution in [0.25, 0.3) is 0 Å². The minimum Gasteiger partial charge on any atom is -0.302 e. The van der Waals surface area contributed by atoms with Gasteiger partial charge in [-0.05, 0) is 50.6 Å². The van der Waals surface area contributed by atoms with Crippen LogP contribution in [-0.2, 0) is 15.8 Å². The average molecular weight is 307 g/mol. The normalized spacial score (nSPS) is 17.5. The van der Waals surface area contributed by atoms with Crippen molar-refractivity contribution in [3.8, 4) is 6.07 Å². The van der Waals surface area contributed by atoms with E-state index in [1.807, 2.05) is 13.0 Å². The summed E-state index contributed by atoms with van der Waals surface area (Å²) in [4.78, 5) is 2.29. The zero-order chi connectivity index (χ0) is 15.3. The monoisotopic (exact) mass is 307 g/mol. The molecule has 6 heteroatoms. The molecule has 0 amide bonds. The highest BCUT2D eigenvalue weighted by atomic mass is 32.2. The standard InChI is InChI=1S/C15H21N3O2S/c1-13(11-18-8-2-3-9-18)17-21(19,20)12-15-6-4-14(10-16)5-7-15/h4-7,13,17H,2-3,8-9,11-12H2,1H3. The third kappa shape index (κ3) is 5.12. The summed E-state index contributed by atoms with van der Waals surface area (Å²) in [5.74, 6) is -0.0525. The first-order chi connectivity index (χ1) is 9.98. The van der Waals surface area contributed by atoms with Crippen molar-refractivity contribution in [3.63, 3.8) is 0 Å². The van der Waals surface area contributed by atoms with Gasteiger partial charge in [0.25, 0.3) is 0 Å². The topological polar surface area (TPSA) is 73.2 Å². The van der Waals surface area contributed by atoms with Gasteiger partial charge in [0.15, 0.2) is 0 Å². The van der Waals surface area contributed by atoms with E-state index < -0.39 is 10.0 Å². The van der Waals surface area contributed by atoms with Crippen LogP contribution >= 0.6 is 0 Å². The maximum Gasteiger partial charge on any atom is 0.216 e. The van der Waals surface area contributed by atoms with Gasteiger partial charge in [0.2, 0.25) is 10.0 Å². The lowest BCUT2D eigenvalue weighted by atomic mass is 10.2. The number of likely N-dealkylation sites (tertiary alicyclic amines) is 1. The van der Waals surface area contributed by atoms with Crippen LogP contribution in [0.1, 0.15) is 30.9 Å².